The van der Waals surface area contributed by atoms with Crippen LogP contribution in [0.3, 0.4) is 0 Å². The first-order chi connectivity index (χ1) is 6.70. The van der Waals surface area contributed by atoms with E-state index >= 15 is 0 Å². The molecule has 2 aromatic rings. The second kappa shape index (κ2) is 3.15. The molecule has 0 aliphatic heterocycles. The van der Waals surface area contributed by atoms with Crippen LogP contribution in [0.1, 0.15) is 31.2 Å². The molecule has 0 bridgehead atoms. The monoisotopic (exact) mass is 186 g/mol. The molecule has 1 aromatic heterocycles. The van der Waals surface area contributed by atoms with Crippen LogP contribution in [0.15, 0.2) is 22.6 Å². The van der Waals surface area contributed by atoms with Gasteiger partial charge in [-0.25, -0.2) is 4.98 Å². The lowest BCUT2D eigenvalue weighted by atomic mass is 10.2. The average Bonchev–Trinajstić information content (AvgIpc) is 2.59. The Morgan fingerprint density at radius 3 is 2.86 bits per heavy atom. The molecule has 0 aliphatic carbocycles. The standard InChI is InChI=1S/C11H10N2O/c1-7(2)11-13-9-5-8(6-12)3-4-10(9)14-11/h3-5,7H,1-2H3. The number of aromatic nitrogens is 1. The van der Waals surface area contributed by atoms with Gasteiger partial charge >= 0.3 is 0 Å². The molecule has 0 N–H and O–H groups in total. The zero-order valence-electron chi connectivity index (χ0n) is 8.11. The molecule has 70 valence electrons. The van der Waals surface area contributed by atoms with Gasteiger partial charge in [0.2, 0.25) is 0 Å². The molecule has 3 heteroatoms. The van der Waals surface area contributed by atoms with Crippen molar-refractivity contribution in [3.05, 3.63) is 29.7 Å². The normalized spacial score (nSPS) is 10.7. The predicted octanol–water partition coefficient (Wildman–Crippen LogP) is 2.82. The zero-order valence-corrected chi connectivity index (χ0v) is 8.11. The molecule has 1 heterocycles. The Balaban J connectivity index is 2.61. The second-order valence-corrected chi connectivity index (χ2v) is 3.50. The van der Waals surface area contributed by atoms with Crippen LogP contribution in [0.4, 0.5) is 0 Å². The lowest BCUT2D eigenvalue weighted by Gasteiger charge is -1.93. The molecule has 1 aromatic carbocycles. The number of rotatable bonds is 1. The van der Waals surface area contributed by atoms with Gasteiger partial charge < -0.3 is 4.42 Å². The highest BCUT2D eigenvalue weighted by Gasteiger charge is 2.09. The summed E-state index contributed by atoms with van der Waals surface area (Å²) in [5, 5.41) is 8.70. The first-order valence-electron chi connectivity index (χ1n) is 4.51. The molecule has 0 saturated heterocycles. The average molecular weight is 186 g/mol. The summed E-state index contributed by atoms with van der Waals surface area (Å²) in [6.07, 6.45) is 0. The van der Waals surface area contributed by atoms with E-state index in [1.165, 1.54) is 0 Å². The van der Waals surface area contributed by atoms with Crippen LogP contribution < -0.4 is 0 Å². The molecule has 14 heavy (non-hydrogen) atoms. The Morgan fingerprint density at radius 2 is 2.21 bits per heavy atom. The molecule has 2 rings (SSSR count). The van der Waals surface area contributed by atoms with Crippen molar-refractivity contribution in [3.8, 4) is 6.07 Å². The van der Waals surface area contributed by atoms with E-state index in [-0.39, 0.29) is 5.92 Å². The van der Waals surface area contributed by atoms with Crippen molar-refractivity contribution >= 4 is 11.1 Å². The van der Waals surface area contributed by atoms with Gasteiger partial charge in [0.25, 0.3) is 0 Å². The minimum absolute atomic E-state index is 0.271. The maximum atomic E-state index is 8.70. The summed E-state index contributed by atoms with van der Waals surface area (Å²) in [4.78, 5) is 4.30. The quantitative estimate of drug-likeness (QED) is 0.688. The minimum Gasteiger partial charge on any atom is -0.440 e. The third kappa shape index (κ3) is 1.35. The molecule has 0 atom stereocenters. The van der Waals surface area contributed by atoms with E-state index in [2.05, 4.69) is 11.1 Å². The molecule has 0 aliphatic rings. The van der Waals surface area contributed by atoms with E-state index in [1.807, 2.05) is 13.8 Å². The fourth-order valence-corrected chi connectivity index (χ4v) is 1.26. The maximum absolute atomic E-state index is 8.70. The summed E-state index contributed by atoms with van der Waals surface area (Å²) in [5.74, 6) is 0.989. The Hall–Kier alpha value is -1.82. The molecule has 3 nitrogen and oxygen atoms in total. The first-order valence-corrected chi connectivity index (χ1v) is 4.51. The second-order valence-electron chi connectivity index (χ2n) is 3.50. The van der Waals surface area contributed by atoms with Crippen molar-refractivity contribution in [3.63, 3.8) is 0 Å². The van der Waals surface area contributed by atoms with Gasteiger partial charge in [0.15, 0.2) is 11.5 Å². The number of hydrogen-bond acceptors (Lipinski definition) is 3. The highest BCUT2D eigenvalue weighted by molar-refractivity contribution is 5.74. The third-order valence-electron chi connectivity index (χ3n) is 2.03. The minimum atomic E-state index is 0.271. The van der Waals surface area contributed by atoms with Crippen molar-refractivity contribution in [1.29, 1.82) is 5.26 Å². The third-order valence-corrected chi connectivity index (χ3v) is 2.03. The first kappa shape index (κ1) is 8.76. The molecular weight excluding hydrogens is 176 g/mol. The fraction of sp³-hybridized carbons (Fsp3) is 0.273. The van der Waals surface area contributed by atoms with Crippen LogP contribution in [0.25, 0.3) is 11.1 Å². The summed E-state index contributed by atoms with van der Waals surface area (Å²) in [5.41, 5.74) is 2.11. The number of hydrogen-bond donors (Lipinski definition) is 0. The van der Waals surface area contributed by atoms with Crippen molar-refractivity contribution < 1.29 is 4.42 Å². The number of benzene rings is 1. The summed E-state index contributed by atoms with van der Waals surface area (Å²) in [6.45, 7) is 4.05. The van der Waals surface area contributed by atoms with Gasteiger partial charge in [-0.05, 0) is 18.2 Å². The maximum Gasteiger partial charge on any atom is 0.198 e. The topological polar surface area (TPSA) is 49.8 Å². The van der Waals surface area contributed by atoms with Crippen molar-refractivity contribution in [1.82, 2.24) is 4.98 Å². The van der Waals surface area contributed by atoms with Crippen LogP contribution in [0.2, 0.25) is 0 Å². The van der Waals surface area contributed by atoms with E-state index in [9.17, 15) is 0 Å². The highest BCUT2D eigenvalue weighted by Crippen LogP contribution is 2.21. The number of nitrogens with zero attached hydrogens (tertiary/aromatic N) is 2. The molecule has 0 spiro atoms. The van der Waals surface area contributed by atoms with Gasteiger partial charge in [-0.15, -0.1) is 0 Å². The van der Waals surface area contributed by atoms with Crippen molar-refractivity contribution in [2.24, 2.45) is 0 Å². The summed E-state index contributed by atoms with van der Waals surface area (Å²) >= 11 is 0. The summed E-state index contributed by atoms with van der Waals surface area (Å²) < 4.78 is 5.51. The van der Waals surface area contributed by atoms with Gasteiger partial charge in [0.05, 0.1) is 11.6 Å². The molecule has 0 amide bonds. The van der Waals surface area contributed by atoms with Gasteiger partial charge in [0, 0.05) is 5.92 Å². The number of fused-ring (bicyclic) bond motifs is 1. The van der Waals surface area contributed by atoms with Crippen LogP contribution in [-0.2, 0) is 0 Å². The lowest BCUT2D eigenvalue weighted by Crippen LogP contribution is -1.84. The SMILES string of the molecule is CC(C)c1nc2cc(C#N)ccc2o1. The molecular formula is C11H10N2O. The highest BCUT2D eigenvalue weighted by atomic mass is 16.3. The van der Waals surface area contributed by atoms with Gasteiger partial charge in [-0.3, -0.25) is 0 Å². The lowest BCUT2D eigenvalue weighted by molar-refractivity contribution is 0.501. The smallest absolute Gasteiger partial charge is 0.198 e. The Bertz CT molecular complexity index is 505. The van der Waals surface area contributed by atoms with E-state index < -0.39 is 0 Å². The van der Waals surface area contributed by atoms with Gasteiger partial charge in [-0.1, -0.05) is 13.8 Å². The van der Waals surface area contributed by atoms with Crippen LogP contribution in [0, 0.1) is 11.3 Å². The summed E-state index contributed by atoms with van der Waals surface area (Å²) in [7, 11) is 0. The zero-order chi connectivity index (χ0) is 10.1. The largest absolute Gasteiger partial charge is 0.440 e. The Kier molecular flexibility index (Phi) is 1.97. The van der Waals surface area contributed by atoms with Crippen molar-refractivity contribution in [2.75, 3.05) is 0 Å². The van der Waals surface area contributed by atoms with E-state index in [4.69, 9.17) is 9.68 Å². The summed E-state index contributed by atoms with van der Waals surface area (Å²) in [6, 6.07) is 7.33. The van der Waals surface area contributed by atoms with Crippen LogP contribution in [0.5, 0.6) is 0 Å². The van der Waals surface area contributed by atoms with Gasteiger partial charge in [-0.2, -0.15) is 5.26 Å². The van der Waals surface area contributed by atoms with Gasteiger partial charge in [0.1, 0.15) is 5.52 Å². The van der Waals surface area contributed by atoms with Crippen LogP contribution >= 0.6 is 0 Å². The molecule has 0 unspecified atom stereocenters. The van der Waals surface area contributed by atoms with Crippen molar-refractivity contribution in [2.45, 2.75) is 19.8 Å². The number of nitriles is 1. The molecule has 0 radical (unpaired) electrons. The molecule has 0 saturated carbocycles. The number of oxazole rings is 1. The predicted molar refractivity (Wildman–Crippen MR) is 52.8 cm³/mol. The van der Waals surface area contributed by atoms with Crippen LogP contribution in [-0.4, -0.2) is 4.98 Å². The molecule has 0 fully saturated rings. The van der Waals surface area contributed by atoms with E-state index in [0.717, 1.165) is 17.0 Å². The Labute approximate surface area is 82.0 Å². The van der Waals surface area contributed by atoms with E-state index in [0.29, 0.717) is 5.56 Å². The fourth-order valence-electron chi connectivity index (χ4n) is 1.26. The van der Waals surface area contributed by atoms with E-state index in [1.54, 1.807) is 18.2 Å². The Morgan fingerprint density at radius 1 is 1.43 bits per heavy atom.